The minimum absolute atomic E-state index is 0.0125. The number of aliphatic hydroxyl groups excluding tert-OH is 2. The van der Waals surface area contributed by atoms with Gasteiger partial charge in [-0.1, -0.05) is 46.0 Å². The van der Waals surface area contributed by atoms with E-state index in [1.165, 1.54) is 10.7 Å². The van der Waals surface area contributed by atoms with Gasteiger partial charge in [0.05, 0.1) is 38.5 Å². The second-order valence-corrected chi connectivity index (χ2v) is 13.8. The molecule has 0 aliphatic carbocycles. The summed E-state index contributed by atoms with van der Waals surface area (Å²) in [5.74, 6) is -5.18. The summed E-state index contributed by atoms with van der Waals surface area (Å²) in [7, 11) is 4.41. The van der Waals surface area contributed by atoms with Gasteiger partial charge in [0.1, 0.15) is 21.8 Å². The lowest BCUT2D eigenvalue weighted by Gasteiger charge is -2.17. The number of hydrogen-bond acceptors (Lipinski definition) is 19. The first-order valence-corrected chi connectivity index (χ1v) is 18.7. The van der Waals surface area contributed by atoms with Crippen LogP contribution in [0.3, 0.4) is 0 Å². The van der Waals surface area contributed by atoms with Crippen LogP contribution < -0.4 is 20.1 Å². The Kier molecular flexibility index (Phi) is 20.4. The molecule has 1 rings (SSSR count). The highest BCUT2D eigenvalue weighted by molar-refractivity contribution is 8.76. The molecule has 14 nitrogen and oxygen atoms in total. The van der Waals surface area contributed by atoms with Crippen molar-refractivity contribution < 1.29 is 49.1 Å². The third-order valence-corrected chi connectivity index (χ3v) is 10.6. The van der Waals surface area contributed by atoms with Gasteiger partial charge in [0.25, 0.3) is 11.8 Å². The lowest BCUT2D eigenvalue weighted by atomic mass is 10.2. The third kappa shape index (κ3) is 13.6. The maximum Gasteiger partial charge on any atom is 0.329 e. The van der Waals surface area contributed by atoms with Crippen molar-refractivity contribution in [3.05, 3.63) is 9.75 Å². The van der Waals surface area contributed by atoms with Gasteiger partial charge in [-0.05, 0) is 46.5 Å². The summed E-state index contributed by atoms with van der Waals surface area (Å²) in [5, 5.41) is 46.7. The molecule has 43 heavy (non-hydrogen) atoms. The van der Waals surface area contributed by atoms with Gasteiger partial charge in [-0.25, -0.2) is 19.0 Å². The molecule has 2 amide bonds. The number of aliphatic hydroxyl groups is 2. The topological polar surface area (TPSA) is 216 Å². The molecule has 0 spiro atoms. The van der Waals surface area contributed by atoms with Crippen LogP contribution in [0.2, 0.25) is 0 Å². The average molecular weight is 737 g/mol. The number of esters is 2. The number of carbonyl (C=O) groups excluding carboxylic acids is 4. The molecule has 0 fully saturated rings. The summed E-state index contributed by atoms with van der Waals surface area (Å²) in [5.41, 5.74) is 0. The van der Waals surface area contributed by atoms with Crippen molar-refractivity contribution in [2.24, 2.45) is 0 Å². The number of hydrogen-bond donors (Lipinski definition) is 8. The van der Waals surface area contributed by atoms with Gasteiger partial charge in [0.2, 0.25) is 0 Å². The summed E-state index contributed by atoms with van der Waals surface area (Å²) in [6, 6.07) is -3.28. The smallest absolute Gasteiger partial charge is 0.329 e. The van der Waals surface area contributed by atoms with Crippen LogP contribution >= 0.6 is 79.3 Å². The van der Waals surface area contributed by atoms with Gasteiger partial charge in [0, 0.05) is 11.5 Å². The fraction of sp³-hybridized carbons (Fsp3) is 0.545. The second kappa shape index (κ2) is 22.2. The van der Waals surface area contributed by atoms with Crippen LogP contribution in [-0.2, 0) is 19.1 Å². The average Bonchev–Trinajstić information content (AvgIpc) is 3.29. The number of nitrogens with one attached hydrogen (secondary N) is 4. The van der Waals surface area contributed by atoms with Gasteiger partial charge in [-0.3, -0.25) is 9.59 Å². The fourth-order valence-electron chi connectivity index (χ4n) is 2.60. The Morgan fingerprint density at radius 1 is 0.791 bits per heavy atom. The predicted molar refractivity (Wildman–Crippen MR) is 179 cm³/mol. The Hall–Kier alpha value is -1.40. The van der Waals surface area contributed by atoms with Crippen molar-refractivity contribution in [3.8, 4) is 11.5 Å². The molecule has 1 aromatic rings. The summed E-state index contributed by atoms with van der Waals surface area (Å²) in [4.78, 5) is 50.0. The number of carbonyl (C=O) groups is 4. The van der Waals surface area contributed by atoms with Gasteiger partial charge in [-0.15, -0.1) is 11.3 Å². The predicted octanol–water partition coefficient (Wildman–Crippen LogP) is 0.975. The third-order valence-electron chi connectivity index (χ3n) is 4.73. The molecular formula is C22H32N4O10S7. The first kappa shape index (κ1) is 39.6. The Labute approximate surface area is 278 Å². The number of thiophene rings is 1. The number of amides is 2. The monoisotopic (exact) mass is 736 g/mol. The number of aromatic hydroxyl groups is 2. The molecule has 0 bridgehead atoms. The maximum absolute atomic E-state index is 13.0. The van der Waals surface area contributed by atoms with E-state index < -0.39 is 69.2 Å². The zero-order chi connectivity index (χ0) is 32.4. The standard InChI is InChI=1S/C22H32N4O10S7/c1-3-35-21(33)13(9-39-42-25-11(5-27)7-37)23-19(31)17-15(29)16(30)18(41-17)20(32)24-14(22(34)36-4-2)10-40-43-26-12(6-28)8-38/h7-8,11-14,25-30H,3-6,9-10H2,1-2H3,(H,23,31)(H,24,32)/t11-,12-,13?,14?/m1/s1. The van der Waals surface area contributed by atoms with Gasteiger partial charge >= 0.3 is 11.9 Å². The minimum atomic E-state index is -1.17. The van der Waals surface area contributed by atoms with Crippen LogP contribution in [0.4, 0.5) is 0 Å². The van der Waals surface area contributed by atoms with Crippen LogP contribution in [-0.4, -0.2) is 117 Å². The van der Waals surface area contributed by atoms with Crippen LogP contribution in [0.25, 0.3) is 0 Å². The molecule has 0 saturated carbocycles. The van der Waals surface area contributed by atoms with E-state index in [0.29, 0.717) is 11.3 Å². The summed E-state index contributed by atoms with van der Waals surface area (Å²) < 4.78 is 15.7. The Bertz CT molecular complexity index is 1020. The SMILES string of the molecule is CCOC(=O)C(CSSN[C@@H](C=S)CO)NC(=O)c1sc(C(=O)NC(CSSN[C@@H](C=S)CO)C(=O)OCC)c(O)c1O. The van der Waals surface area contributed by atoms with Gasteiger partial charge in [-0.2, -0.15) is 0 Å². The fourth-order valence-corrected chi connectivity index (χ4v) is 7.87. The molecule has 0 aromatic carbocycles. The van der Waals surface area contributed by atoms with Crippen LogP contribution in [0.1, 0.15) is 33.2 Å². The molecule has 0 saturated heterocycles. The summed E-state index contributed by atoms with van der Waals surface area (Å²) >= 11 is 10.0. The van der Waals surface area contributed by atoms with E-state index in [2.05, 4.69) is 20.1 Å². The quantitative estimate of drug-likeness (QED) is 0.0274. The zero-order valence-corrected chi connectivity index (χ0v) is 28.5. The van der Waals surface area contributed by atoms with E-state index in [-0.39, 0.29) is 37.9 Å². The van der Waals surface area contributed by atoms with Gasteiger partial charge < -0.3 is 40.5 Å². The molecule has 4 atom stereocenters. The van der Waals surface area contributed by atoms with Crippen LogP contribution in [0, 0.1) is 0 Å². The van der Waals surface area contributed by atoms with E-state index in [4.69, 9.17) is 33.9 Å². The summed E-state index contributed by atoms with van der Waals surface area (Å²) in [6.45, 7) is 2.78. The van der Waals surface area contributed by atoms with Gasteiger partial charge in [0.15, 0.2) is 11.5 Å². The van der Waals surface area contributed by atoms with Crippen molar-refractivity contribution in [1.82, 2.24) is 20.1 Å². The molecule has 0 radical (unpaired) electrons. The largest absolute Gasteiger partial charge is 0.503 e. The van der Waals surface area contributed by atoms with E-state index >= 15 is 0 Å². The molecule has 1 aromatic heterocycles. The normalized spacial score (nSPS) is 13.7. The molecular weight excluding hydrogens is 705 g/mol. The highest BCUT2D eigenvalue weighted by Crippen LogP contribution is 2.40. The van der Waals surface area contributed by atoms with E-state index in [1.54, 1.807) is 13.8 Å². The van der Waals surface area contributed by atoms with Crippen molar-refractivity contribution in [1.29, 1.82) is 0 Å². The molecule has 242 valence electrons. The van der Waals surface area contributed by atoms with E-state index in [1.807, 2.05) is 0 Å². The van der Waals surface area contributed by atoms with Crippen LogP contribution in [0.15, 0.2) is 0 Å². The number of rotatable bonds is 22. The van der Waals surface area contributed by atoms with E-state index in [9.17, 15) is 39.6 Å². The van der Waals surface area contributed by atoms with E-state index in [0.717, 1.165) is 43.5 Å². The van der Waals surface area contributed by atoms with Crippen molar-refractivity contribution >= 4 is 114 Å². The highest BCUT2D eigenvalue weighted by atomic mass is 33.1. The van der Waals surface area contributed by atoms with Crippen LogP contribution in [0.5, 0.6) is 11.5 Å². The van der Waals surface area contributed by atoms with Crippen molar-refractivity contribution in [2.45, 2.75) is 38.0 Å². The van der Waals surface area contributed by atoms with Crippen molar-refractivity contribution in [2.75, 3.05) is 37.9 Å². The molecule has 2 unspecified atom stereocenters. The highest BCUT2D eigenvalue weighted by Gasteiger charge is 2.32. The Balaban J connectivity index is 3.00. The lowest BCUT2D eigenvalue weighted by molar-refractivity contribution is -0.145. The molecule has 21 heteroatoms. The maximum atomic E-state index is 13.0. The molecule has 1 heterocycles. The Morgan fingerprint density at radius 2 is 1.16 bits per heavy atom. The number of thiocarbonyl (C=S) groups is 2. The molecule has 0 aliphatic rings. The number of ether oxygens (including phenoxy) is 2. The lowest BCUT2D eigenvalue weighted by Crippen LogP contribution is -2.43. The Morgan fingerprint density at radius 3 is 1.47 bits per heavy atom. The first-order valence-electron chi connectivity index (χ1n) is 12.3. The molecule has 8 N–H and O–H groups in total. The second-order valence-electron chi connectivity index (χ2n) is 7.84. The zero-order valence-electron chi connectivity index (χ0n) is 22.8. The minimum Gasteiger partial charge on any atom is -0.503 e. The first-order chi connectivity index (χ1) is 20.6. The van der Waals surface area contributed by atoms with Crippen molar-refractivity contribution in [3.63, 3.8) is 0 Å². The molecule has 0 aliphatic heterocycles. The summed E-state index contributed by atoms with van der Waals surface area (Å²) in [6.07, 6.45) is 0.